The van der Waals surface area contributed by atoms with Gasteiger partial charge in [0.1, 0.15) is 5.75 Å². The topological polar surface area (TPSA) is 38.3 Å². The summed E-state index contributed by atoms with van der Waals surface area (Å²) in [4.78, 5) is 12.1. The highest BCUT2D eigenvalue weighted by atomic mass is 35.5. The Morgan fingerprint density at radius 3 is 2.89 bits per heavy atom. The highest BCUT2D eigenvalue weighted by Crippen LogP contribution is 2.23. The van der Waals surface area contributed by atoms with E-state index in [1.165, 1.54) is 0 Å². The number of methoxy groups -OCH3 is 1. The van der Waals surface area contributed by atoms with Gasteiger partial charge in [-0.15, -0.1) is 11.6 Å². The van der Waals surface area contributed by atoms with Crippen LogP contribution in [0, 0.1) is 0 Å². The molecule has 0 radical (unpaired) electrons. The van der Waals surface area contributed by atoms with E-state index in [2.05, 4.69) is 5.32 Å². The van der Waals surface area contributed by atoms with E-state index in [0.717, 1.165) is 25.7 Å². The summed E-state index contributed by atoms with van der Waals surface area (Å²) in [5.74, 6) is 0.611. The molecule has 0 aromatic heterocycles. The van der Waals surface area contributed by atoms with E-state index in [1.54, 1.807) is 19.2 Å². The van der Waals surface area contributed by atoms with E-state index in [1.807, 2.05) is 12.1 Å². The van der Waals surface area contributed by atoms with Gasteiger partial charge in [0.2, 0.25) is 0 Å². The maximum Gasteiger partial charge on any atom is 0.251 e. The highest BCUT2D eigenvalue weighted by molar-refractivity contribution is 6.21. The van der Waals surface area contributed by atoms with E-state index in [9.17, 15) is 4.79 Å². The first-order chi connectivity index (χ1) is 8.70. The smallest absolute Gasteiger partial charge is 0.251 e. The molecule has 0 heterocycles. The second kappa shape index (κ2) is 6.10. The number of ether oxygens (including phenoxy) is 1. The molecular formula is C14H18ClNO2. The molecule has 1 fully saturated rings. The molecule has 1 aliphatic carbocycles. The molecule has 1 aromatic rings. The fourth-order valence-corrected chi connectivity index (χ4v) is 2.61. The van der Waals surface area contributed by atoms with Crippen molar-refractivity contribution in [3.8, 4) is 5.75 Å². The van der Waals surface area contributed by atoms with E-state index in [0.29, 0.717) is 11.3 Å². The summed E-state index contributed by atoms with van der Waals surface area (Å²) in [5.41, 5.74) is 0.615. The van der Waals surface area contributed by atoms with Crippen LogP contribution in [0.25, 0.3) is 0 Å². The molecule has 18 heavy (non-hydrogen) atoms. The molecule has 1 saturated carbocycles. The molecule has 0 spiro atoms. The van der Waals surface area contributed by atoms with E-state index < -0.39 is 0 Å². The van der Waals surface area contributed by atoms with Crippen molar-refractivity contribution >= 4 is 17.5 Å². The van der Waals surface area contributed by atoms with Gasteiger partial charge in [-0.3, -0.25) is 4.79 Å². The zero-order chi connectivity index (χ0) is 13.0. The Kier molecular flexibility index (Phi) is 4.48. The van der Waals surface area contributed by atoms with Gasteiger partial charge in [-0.1, -0.05) is 18.9 Å². The molecule has 2 unspecified atom stereocenters. The van der Waals surface area contributed by atoms with Crippen LogP contribution in [0.2, 0.25) is 0 Å². The van der Waals surface area contributed by atoms with Gasteiger partial charge in [-0.05, 0) is 31.0 Å². The van der Waals surface area contributed by atoms with Crippen LogP contribution in [-0.2, 0) is 0 Å². The number of hydrogen-bond donors (Lipinski definition) is 1. The van der Waals surface area contributed by atoms with Gasteiger partial charge in [0.25, 0.3) is 5.91 Å². The van der Waals surface area contributed by atoms with E-state index in [-0.39, 0.29) is 17.3 Å². The van der Waals surface area contributed by atoms with Crippen LogP contribution in [0.3, 0.4) is 0 Å². The van der Waals surface area contributed by atoms with Gasteiger partial charge in [-0.2, -0.15) is 0 Å². The van der Waals surface area contributed by atoms with Crippen LogP contribution >= 0.6 is 11.6 Å². The summed E-state index contributed by atoms with van der Waals surface area (Å²) in [6.45, 7) is 0. The lowest BCUT2D eigenvalue weighted by molar-refractivity contribution is 0.0928. The molecule has 0 bridgehead atoms. The van der Waals surface area contributed by atoms with Crippen LogP contribution in [0.15, 0.2) is 24.3 Å². The van der Waals surface area contributed by atoms with Crippen LogP contribution in [-0.4, -0.2) is 24.4 Å². The average Bonchev–Trinajstić information content (AvgIpc) is 2.41. The number of carbonyl (C=O) groups excluding carboxylic acids is 1. The third kappa shape index (κ3) is 3.16. The van der Waals surface area contributed by atoms with Crippen LogP contribution in [0.1, 0.15) is 36.0 Å². The quantitative estimate of drug-likeness (QED) is 0.855. The molecule has 2 atom stereocenters. The number of benzene rings is 1. The van der Waals surface area contributed by atoms with Crippen molar-refractivity contribution in [3.63, 3.8) is 0 Å². The summed E-state index contributed by atoms with van der Waals surface area (Å²) >= 11 is 6.23. The van der Waals surface area contributed by atoms with Crippen molar-refractivity contribution in [2.24, 2.45) is 0 Å². The van der Waals surface area contributed by atoms with Gasteiger partial charge >= 0.3 is 0 Å². The molecule has 3 nitrogen and oxygen atoms in total. The fourth-order valence-electron chi connectivity index (χ4n) is 2.26. The Morgan fingerprint density at radius 2 is 2.17 bits per heavy atom. The van der Waals surface area contributed by atoms with Crippen LogP contribution < -0.4 is 10.1 Å². The first kappa shape index (κ1) is 13.2. The molecule has 0 aliphatic heterocycles. The molecule has 4 heteroatoms. The summed E-state index contributed by atoms with van der Waals surface area (Å²) in [6.07, 6.45) is 4.22. The lowest BCUT2D eigenvalue weighted by atomic mass is 9.94. The average molecular weight is 268 g/mol. The Balaban J connectivity index is 2.02. The standard InChI is InChI=1S/C14H18ClNO2/c1-18-11-6-4-5-10(9-11)14(17)16-13-8-3-2-7-12(13)15/h4-6,9,12-13H,2-3,7-8H2,1H3,(H,16,17). The molecule has 0 saturated heterocycles. The number of carbonyl (C=O) groups is 1. The van der Waals surface area contributed by atoms with E-state index in [4.69, 9.17) is 16.3 Å². The molecular weight excluding hydrogens is 250 g/mol. The van der Waals surface area contributed by atoms with Gasteiger partial charge in [0, 0.05) is 11.6 Å². The Bertz CT molecular complexity index is 422. The van der Waals surface area contributed by atoms with Gasteiger partial charge in [0.05, 0.1) is 12.5 Å². The van der Waals surface area contributed by atoms with Gasteiger partial charge < -0.3 is 10.1 Å². The Morgan fingerprint density at radius 1 is 1.39 bits per heavy atom. The largest absolute Gasteiger partial charge is 0.497 e. The molecule has 1 aliphatic rings. The summed E-state index contributed by atoms with van der Waals surface area (Å²) in [7, 11) is 1.59. The lowest BCUT2D eigenvalue weighted by Gasteiger charge is -2.27. The van der Waals surface area contributed by atoms with Crippen molar-refractivity contribution in [1.29, 1.82) is 0 Å². The first-order valence-corrected chi connectivity index (χ1v) is 6.73. The predicted molar refractivity (Wildman–Crippen MR) is 72.4 cm³/mol. The first-order valence-electron chi connectivity index (χ1n) is 6.29. The minimum absolute atomic E-state index is 0.0494. The second-order valence-electron chi connectivity index (χ2n) is 4.61. The van der Waals surface area contributed by atoms with Gasteiger partial charge in [-0.25, -0.2) is 0 Å². The molecule has 1 amide bonds. The fraction of sp³-hybridized carbons (Fsp3) is 0.500. The van der Waals surface area contributed by atoms with Crippen LogP contribution in [0.4, 0.5) is 0 Å². The monoisotopic (exact) mass is 267 g/mol. The number of nitrogens with one attached hydrogen (secondary N) is 1. The predicted octanol–water partition coefficient (Wildman–Crippen LogP) is 2.98. The normalized spacial score (nSPS) is 23.4. The van der Waals surface area contributed by atoms with Gasteiger partial charge in [0.15, 0.2) is 0 Å². The Labute approximate surface area is 112 Å². The minimum Gasteiger partial charge on any atom is -0.497 e. The molecule has 1 N–H and O–H groups in total. The minimum atomic E-state index is -0.0774. The zero-order valence-electron chi connectivity index (χ0n) is 10.5. The number of amides is 1. The number of rotatable bonds is 3. The summed E-state index contributed by atoms with van der Waals surface area (Å²) < 4.78 is 5.11. The van der Waals surface area contributed by atoms with E-state index >= 15 is 0 Å². The second-order valence-corrected chi connectivity index (χ2v) is 5.17. The third-order valence-corrected chi connectivity index (χ3v) is 3.85. The van der Waals surface area contributed by atoms with Crippen molar-refractivity contribution in [3.05, 3.63) is 29.8 Å². The summed E-state index contributed by atoms with van der Waals surface area (Å²) in [5, 5.41) is 3.06. The van der Waals surface area contributed by atoms with Crippen molar-refractivity contribution in [2.45, 2.75) is 37.1 Å². The number of halogens is 1. The number of alkyl halides is 1. The van der Waals surface area contributed by atoms with Crippen molar-refractivity contribution in [2.75, 3.05) is 7.11 Å². The number of hydrogen-bond acceptors (Lipinski definition) is 2. The maximum absolute atomic E-state index is 12.1. The lowest BCUT2D eigenvalue weighted by Crippen LogP contribution is -2.42. The van der Waals surface area contributed by atoms with Crippen molar-refractivity contribution in [1.82, 2.24) is 5.32 Å². The molecule has 98 valence electrons. The summed E-state index contributed by atoms with van der Waals surface area (Å²) in [6, 6.07) is 7.24. The van der Waals surface area contributed by atoms with Crippen molar-refractivity contribution < 1.29 is 9.53 Å². The third-order valence-electron chi connectivity index (χ3n) is 3.33. The highest BCUT2D eigenvalue weighted by Gasteiger charge is 2.24. The maximum atomic E-state index is 12.1. The molecule has 1 aromatic carbocycles. The van der Waals surface area contributed by atoms with Crippen LogP contribution in [0.5, 0.6) is 5.75 Å². The Hall–Kier alpha value is -1.22. The molecule has 2 rings (SSSR count). The zero-order valence-corrected chi connectivity index (χ0v) is 11.2. The SMILES string of the molecule is COc1cccc(C(=O)NC2CCCCC2Cl)c1.